The summed E-state index contributed by atoms with van der Waals surface area (Å²) in [6.45, 7) is 3.07. The number of nitriles is 1. The average Bonchev–Trinajstić information content (AvgIpc) is 2.78. The van der Waals surface area contributed by atoms with E-state index in [9.17, 15) is 0 Å². The van der Waals surface area contributed by atoms with Crippen LogP contribution in [-0.2, 0) is 0 Å². The van der Waals surface area contributed by atoms with Crippen molar-refractivity contribution < 1.29 is 14.9 Å². The van der Waals surface area contributed by atoms with Crippen molar-refractivity contribution in [2.75, 3.05) is 39.5 Å². The largest absolute Gasteiger partial charge is 0.494 e. The van der Waals surface area contributed by atoms with Crippen LogP contribution in [0.15, 0.2) is 58.8 Å². The van der Waals surface area contributed by atoms with Crippen LogP contribution in [0.1, 0.15) is 31.2 Å². The second-order valence-corrected chi connectivity index (χ2v) is 6.90. The zero-order valence-electron chi connectivity index (χ0n) is 17.3. The molecule has 7 nitrogen and oxygen atoms in total. The number of hydrogen-bond acceptors (Lipinski definition) is 7. The Morgan fingerprint density at radius 2 is 1.33 bits per heavy atom. The van der Waals surface area contributed by atoms with E-state index in [1.165, 1.54) is 0 Å². The standard InChI is InChI=1S/C23H30N4O3/c24-19-20-5-7-21(8-6-20)25-26-22-9-11-23(12-10-22)30-18-4-2-1-3-13-27(14-16-28)15-17-29/h5-12,28-29H,1-4,13-18H2. The van der Waals surface area contributed by atoms with Crippen LogP contribution in [0.3, 0.4) is 0 Å². The van der Waals surface area contributed by atoms with Crippen molar-refractivity contribution in [2.24, 2.45) is 10.2 Å². The molecule has 2 aromatic rings. The molecule has 0 saturated heterocycles. The number of rotatable bonds is 14. The maximum Gasteiger partial charge on any atom is 0.119 e. The molecule has 0 aliphatic carbocycles. The zero-order valence-corrected chi connectivity index (χ0v) is 17.3. The quantitative estimate of drug-likeness (QED) is 0.359. The second kappa shape index (κ2) is 14.2. The van der Waals surface area contributed by atoms with Crippen LogP contribution in [0, 0.1) is 11.3 Å². The summed E-state index contributed by atoms with van der Waals surface area (Å²) in [7, 11) is 0. The van der Waals surface area contributed by atoms with E-state index >= 15 is 0 Å². The van der Waals surface area contributed by atoms with Gasteiger partial charge in [0.25, 0.3) is 0 Å². The highest BCUT2D eigenvalue weighted by molar-refractivity contribution is 5.44. The van der Waals surface area contributed by atoms with Gasteiger partial charge in [0.1, 0.15) is 5.75 Å². The van der Waals surface area contributed by atoms with Crippen molar-refractivity contribution in [1.82, 2.24) is 4.90 Å². The molecule has 0 bridgehead atoms. The molecule has 0 aliphatic heterocycles. The summed E-state index contributed by atoms with van der Waals surface area (Å²) < 4.78 is 5.77. The first-order valence-electron chi connectivity index (χ1n) is 10.3. The number of hydrogen-bond donors (Lipinski definition) is 2. The smallest absolute Gasteiger partial charge is 0.119 e. The van der Waals surface area contributed by atoms with Gasteiger partial charge in [0.2, 0.25) is 0 Å². The van der Waals surface area contributed by atoms with Crippen molar-refractivity contribution in [2.45, 2.75) is 25.7 Å². The van der Waals surface area contributed by atoms with E-state index in [-0.39, 0.29) is 13.2 Å². The third-order valence-corrected chi connectivity index (χ3v) is 4.58. The predicted molar refractivity (Wildman–Crippen MR) is 116 cm³/mol. The molecule has 0 unspecified atom stereocenters. The lowest BCUT2D eigenvalue weighted by atomic mass is 10.2. The monoisotopic (exact) mass is 410 g/mol. The topological polar surface area (TPSA) is 101 Å². The van der Waals surface area contributed by atoms with Crippen LogP contribution in [0.2, 0.25) is 0 Å². The highest BCUT2D eigenvalue weighted by atomic mass is 16.5. The number of aliphatic hydroxyl groups is 2. The van der Waals surface area contributed by atoms with E-state index in [0.29, 0.717) is 30.9 Å². The van der Waals surface area contributed by atoms with Crippen LogP contribution >= 0.6 is 0 Å². The molecule has 0 spiro atoms. The SMILES string of the molecule is N#Cc1ccc(N=Nc2ccc(OCCCCCCN(CCO)CCO)cc2)cc1. The van der Waals surface area contributed by atoms with E-state index < -0.39 is 0 Å². The summed E-state index contributed by atoms with van der Waals surface area (Å²) in [5.41, 5.74) is 2.04. The molecule has 2 N–H and O–H groups in total. The second-order valence-electron chi connectivity index (χ2n) is 6.90. The molecule has 30 heavy (non-hydrogen) atoms. The van der Waals surface area contributed by atoms with Gasteiger partial charge in [-0.15, -0.1) is 0 Å². The van der Waals surface area contributed by atoms with Crippen molar-refractivity contribution >= 4 is 11.4 Å². The van der Waals surface area contributed by atoms with Gasteiger partial charge in [-0.25, -0.2) is 0 Å². The summed E-state index contributed by atoms with van der Waals surface area (Å²) >= 11 is 0. The minimum absolute atomic E-state index is 0.128. The Bertz CT molecular complexity index is 780. The molecular formula is C23H30N4O3. The lowest BCUT2D eigenvalue weighted by molar-refractivity contribution is 0.159. The molecule has 2 aromatic carbocycles. The van der Waals surface area contributed by atoms with E-state index in [4.69, 9.17) is 20.2 Å². The van der Waals surface area contributed by atoms with Crippen molar-refractivity contribution in [3.05, 3.63) is 54.1 Å². The molecule has 0 fully saturated rings. The molecule has 0 amide bonds. The Morgan fingerprint density at radius 3 is 1.90 bits per heavy atom. The van der Waals surface area contributed by atoms with Gasteiger partial charge >= 0.3 is 0 Å². The van der Waals surface area contributed by atoms with E-state index in [1.54, 1.807) is 24.3 Å². The molecular weight excluding hydrogens is 380 g/mol. The Labute approximate surface area is 178 Å². The fourth-order valence-corrected chi connectivity index (χ4v) is 2.93. The van der Waals surface area contributed by atoms with E-state index in [0.717, 1.165) is 43.7 Å². The number of azo groups is 1. The molecule has 0 aliphatic rings. The van der Waals surface area contributed by atoms with Gasteiger partial charge in [-0.1, -0.05) is 12.8 Å². The van der Waals surface area contributed by atoms with Crippen LogP contribution in [0.5, 0.6) is 5.75 Å². The van der Waals surface area contributed by atoms with Crippen molar-refractivity contribution in [3.8, 4) is 11.8 Å². The number of aliphatic hydroxyl groups excluding tert-OH is 2. The molecule has 0 aromatic heterocycles. The highest BCUT2D eigenvalue weighted by Gasteiger charge is 2.03. The molecule has 0 saturated carbocycles. The number of unbranched alkanes of at least 4 members (excludes halogenated alkanes) is 3. The Hall–Kier alpha value is -2.79. The minimum atomic E-state index is 0.128. The maximum absolute atomic E-state index is 9.00. The minimum Gasteiger partial charge on any atom is -0.494 e. The Morgan fingerprint density at radius 1 is 0.767 bits per heavy atom. The Balaban J connectivity index is 1.62. The lowest BCUT2D eigenvalue weighted by Crippen LogP contribution is -2.30. The average molecular weight is 411 g/mol. The summed E-state index contributed by atoms with van der Waals surface area (Å²) in [5, 5.41) is 35.2. The first-order chi connectivity index (χ1) is 14.7. The van der Waals surface area contributed by atoms with Crippen LogP contribution < -0.4 is 4.74 Å². The summed E-state index contributed by atoms with van der Waals surface area (Å²) in [4.78, 5) is 2.08. The van der Waals surface area contributed by atoms with Crippen molar-refractivity contribution in [1.29, 1.82) is 5.26 Å². The molecule has 7 heteroatoms. The van der Waals surface area contributed by atoms with Gasteiger partial charge in [-0.05, 0) is 67.9 Å². The molecule has 160 valence electrons. The van der Waals surface area contributed by atoms with Gasteiger partial charge in [0.15, 0.2) is 0 Å². The maximum atomic E-state index is 9.00. The predicted octanol–water partition coefficient (Wildman–Crippen LogP) is 4.20. The van der Waals surface area contributed by atoms with Gasteiger partial charge < -0.3 is 14.9 Å². The summed E-state index contributed by atoms with van der Waals surface area (Å²) in [6, 6.07) is 16.5. The highest BCUT2D eigenvalue weighted by Crippen LogP contribution is 2.21. The molecule has 0 heterocycles. The number of benzene rings is 2. The molecule has 2 rings (SSSR count). The fraction of sp³-hybridized carbons (Fsp3) is 0.435. The van der Waals surface area contributed by atoms with Crippen LogP contribution in [-0.4, -0.2) is 54.6 Å². The van der Waals surface area contributed by atoms with Gasteiger partial charge in [0, 0.05) is 13.1 Å². The third-order valence-electron chi connectivity index (χ3n) is 4.58. The normalized spacial score (nSPS) is 11.1. The zero-order chi connectivity index (χ0) is 21.4. The number of nitrogens with zero attached hydrogens (tertiary/aromatic N) is 4. The lowest BCUT2D eigenvalue weighted by Gasteiger charge is -2.19. The van der Waals surface area contributed by atoms with Gasteiger partial charge in [-0.3, -0.25) is 4.90 Å². The third kappa shape index (κ3) is 9.14. The number of ether oxygens (including phenoxy) is 1. The van der Waals surface area contributed by atoms with E-state index in [2.05, 4.69) is 21.2 Å². The fourth-order valence-electron chi connectivity index (χ4n) is 2.93. The van der Waals surface area contributed by atoms with E-state index in [1.807, 2.05) is 24.3 Å². The van der Waals surface area contributed by atoms with Crippen molar-refractivity contribution in [3.63, 3.8) is 0 Å². The first kappa shape index (κ1) is 23.5. The molecule has 0 atom stereocenters. The summed E-state index contributed by atoms with van der Waals surface area (Å²) in [6.07, 6.45) is 4.23. The van der Waals surface area contributed by atoms with Gasteiger partial charge in [-0.2, -0.15) is 15.5 Å². The van der Waals surface area contributed by atoms with Gasteiger partial charge in [0.05, 0.1) is 42.8 Å². The van der Waals surface area contributed by atoms with Crippen LogP contribution in [0.25, 0.3) is 0 Å². The molecule has 0 radical (unpaired) electrons. The Kier molecular flexibility index (Phi) is 11.1. The van der Waals surface area contributed by atoms with Crippen LogP contribution in [0.4, 0.5) is 11.4 Å². The summed E-state index contributed by atoms with van der Waals surface area (Å²) in [5.74, 6) is 0.810. The first-order valence-corrected chi connectivity index (χ1v) is 10.3.